The number of hydrogen-bond donors (Lipinski definition) is 1. The summed E-state index contributed by atoms with van der Waals surface area (Å²) in [5.74, 6) is -0.741. The zero-order valence-corrected chi connectivity index (χ0v) is 13.1. The van der Waals surface area contributed by atoms with Crippen LogP contribution in [0.4, 0.5) is 8.78 Å². The van der Waals surface area contributed by atoms with E-state index in [9.17, 15) is 13.9 Å². The van der Waals surface area contributed by atoms with Crippen LogP contribution in [-0.2, 0) is 13.6 Å². The van der Waals surface area contributed by atoms with Crippen molar-refractivity contribution in [2.75, 3.05) is 13.1 Å². The van der Waals surface area contributed by atoms with Crippen LogP contribution < -0.4 is 0 Å². The van der Waals surface area contributed by atoms with Crippen LogP contribution in [0.25, 0.3) is 0 Å². The first-order chi connectivity index (χ1) is 11.0. The Morgan fingerprint density at radius 3 is 2.61 bits per heavy atom. The Hall–Kier alpha value is -1.79. The Labute approximate surface area is 134 Å². The van der Waals surface area contributed by atoms with Crippen LogP contribution in [0.15, 0.2) is 30.6 Å². The molecule has 0 saturated carbocycles. The van der Waals surface area contributed by atoms with E-state index in [0.717, 1.165) is 31.5 Å². The second kappa shape index (κ2) is 6.76. The van der Waals surface area contributed by atoms with Gasteiger partial charge in [-0.1, -0.05) is 6.07 Å². The van der Waals surface area contributed by atoms with Crippen LogP contribution in [0.2, 0.25) is 0 Å². The first-order valence-electron chi connectivity index (χ1n) is 7.86. The molecule has 1 N–H and O–H groups in total. The van der Waals surface area contributed by atoms with Crippen LogP contribution in [-0.4, -0.2) is 32.6 Å². The zero-order chi connectivity index (χ0) is 16.4. The molecule has 1 unspecified atom stereocenters. The molecule has 124 valence electrons. The predicted octanol–water partition coefficient (Wildman–Crippen LogP) is 2.64. The summed E-state index contributed by atoms with van der Waals surface area (Å²) in [4.78, 5) is 6.42. The van der Waals surface area contributed by atoms with Crippen molar-refractivity contribution in [2.24, 2.45) is 13.0 Å². The highest BCUT2D eigenvalue weighted by Gasteiger charge is 2.28. The molecule has 0 radical (unpaired) electrons. The fourth-order valence-corrected chi connectivity index (χ4v) is 3.20. The van der Waals surface area contributed by atoms with Crippen LogP contribution in [0, 0.1) is 17.6 Å². The number of piperidine rings is 1. The molecule has 0 aliphatic carbocycles. The first kappa shape index (κ1) is 16.1. The van der Waals surface area contributed by atoms with E-state index >= 15 is 0 Å². The van der Waals surface area contributed by atoms with Crippen LogP contribution >= 0.6 is 0 Å². The second-order valence-corrected chi connectivity index (χ2v) is 6.20. The highest BCUT2D eigenvalue weighted by molar-refractivity contribution is 5.17. The van der Waals surface area contributed by atoms with Gasteiger partial charge in [0.05, 0.1) is 0 Å². The molecule has 1 aromatic heterocycles. The lowest BCUT2D eigenvalue weighted by Gasteiger charge is -2.34. The smallest absolute Gasteiger partial charge is 0.159 e. The molecule has 1 aromatic carbocycles. The first-order valence-corrected chi connectivity index (χ1v) is 7.86. The van der Waals surface area contributed by atoms with E-state index in [2.05, 4.69) is 9.88 Å². The summed E-state index contributed by atoms with van der Waals surface area (Å²) in [6.07, 6.45) is 4.68. The number of benzene rings is 1. The van der Waals surface area contributed by atoms with Crippen molar-refractivity contribution in [1.82, 2.24) is 14.5 Å². The van der Waals surface area contributed by atoms with Gasteiger partial charge in [0.15, 0.2) is 11.6 Å². The van der Waals surface area contributed by atoms with E-state index in [-0.39, 0.29) is 5.92 Å². The molecule has 1 aliphatic heterocycles. The summed E-state index contributed by atoms with van der Waals surface area (Å²) in [5, 5.41) is 10.5. The number of aromatic nitrogens is 2. The minimum Gasteiger partial charge on any atom is -0.385 e. The minimum atomic E-state index is -0.814. The van der Waals surface area contributed by atoms with Gasteiger partial charge >= 0.3 is 0 Å². The van der Waals surface area contributed by atoms with Gasteiger partial charge in [-0.15, -0.1) is 0 Å². The molecule has 2 heterocycles. The highest BCUT2D eigenvalue weighted by Crippen LogP contribution is 2.30. The Kier molecular flexibility index (Phi) is 4.73. The van der Waals surface area contributed by atoms with Crippen molar-refractivity contribution in [3.05, 3.63) is 53.6 Å². The summed E-state index contributed by atoms with van der Waals surface area (Å²) in [7, 11) is 1.88. The second-order valence-electron chi connectivity index (χ2n) is 6.20. The summed E-state index contributed by atoms with van der Waals surface area (Å²) in [5.41, 5.74) is 0.770. The number of aliphatic hydroxyl groups excluding tert-OH is 1. The summed E-state index contributed by atoms with van der Waals surface area (Å²) < 4.78 is 28.1. The highest BCUT2D eigenvalue weighted by atomic mass is 19.2. The quantitative estimate of drug-likeness (QED) is 0.941. The van der Waals surface area contributed by atoms with E-state index in [1.54, 1.807) is 12.3 Å². The molecule has 3 rings (SSSR count). The number of nitrogens with zero attached hydrogens (tertiary/aromatic N) is 3. The predicted molar refractivity (Wildman–Crippen MR) is 82.5 cm³/mol. The van der Waals surface area contributed by atoms with E-state index in [1.165, 1.54) is 12.1 Å². The topological polar surface area (TPSA) is 41.3 Å². The Bertz CT molecular complexity index is 666. The lowest BCUT2D eigenvalue weighted by Crippen LogP contribution is -2.35. The van der Waals surface area contributed by atoms with Gasteiger partial charge in [0, 0.05) is 26.0 Å². The minimum absolute atomic E-state index is 0.178. The van der Waals surface area contributed by atoms with Crippen LogP contribution in [0.5, 0.6) is 0 Å². The van der Waals surface area contributed by atoms with Crippen molar-refractivity contribution < 1.29 is 13.9 Å². The molecule has 0 bridgehead atoms. The molecule has 0 spiro atoms. The lowest BCUT2D eigenvalue weighted by molar-refractivity contribution is 0.0492. The van der Waals surface area contributed by atoms with Crippen molar-refractivity contribution in [1.29, 1.82) is 0 Å². The van der Waals surface area contributed by atoms with Gasteiger partial charge in [0.25, 0.3) is 0 Å². The Morgan fingerprint density at radius 2 is 2.00 bits per heavy atom. The van der Waals surface area contributed by atoms with Gasteiger partial charge in [-0.2, -0.15) is 0 Å². The van der Waals surface area contributed by atoms with Gasteiger partial charge in [-0.3, -0.25) is 4.90 Å². The number of aliphatic hydroxyl groups is 1. The van der Waals surface area contributed by atoms with Gasteiger partial charge < -0.3 is 9.67 Å². The maximum Gasteiger partial charge on any atom is 0.159 e. The Morgan fingerprint density at radius 1 is 1.26 bits per heavy atom. The fraction of sp³-hybridized carbons (Fsp3) is 0.471. The molecule has 1 saturated heterocycles. The molecular weight excluding hydrogens is 300 g/mol. The lowest BCUT2D eigenvalue weighted by atomic mass is 9.90. The fourth-order valence-electron chi connectivity index (χ4n) is 3.20. The zero-order valence-electron chi connectivity index (χ0n) is 13.1. The normalized spacial score (nSPS) is 18.3. The summed E-state index contributed by atoms with van der Waals surface area (Å²) in [6, 6.07) is 4.04. The third-order valence-electron chi connectivity index (χ3n) is 4.59. The number of rotatable bonds is 4. The van der Waals surface area contributed by atoms with E-state index in [1.807, 2.05) is 17.8 Å². The number of halogens is 2. The van der Waals surface area contributed by atoms with Crippen LogP contribution in [0.3, 0.4) is 0 Å². The summed E-state index contributed by atoms with van der Waals surface area (Å²) >= 11 is 0. The third kappa shape index (κ3) is 3.59. The van der Waals surface area contributed by atoms with Gasteiger partial charge in [-0.25, -0.2) is 13.8 Å². The van der Waals surface area contributed by atoms with Gasteiger partial charge in [0.1, 0.15) is 11.9 Å². The van der Waals surface area contributed by atoms with E-state index in [4.69, 9.17) is 0 Å². The molecule has 6 heteroatoms. The molecule has 23 heavy (non-hydrogen) atoms. The molecule has 2 aromatic rings. The SMILES string of the molecule is Cn1ccnc1C(O)C1CCN(Cc2ccc(F)c(F)c2)CC1. The molecule has 1 aliphatic rings. The third-order valence-corrected chi connectivity index (χ3v) is 4.59. The molecular formula is C17H21F2N3O. The molecule has 0 amide bonds. The van der Waals surface area contributed by atoms with Crippen molar-refractivity contribution >= 4 is 0 Å². The van der Waals surface area contributed by atoms with Crippen molar-refractivity contribution in [2.45, 2.75) is 25.5 Å². The average Bonchev–Trinajstić information content (AvgIpc) is 2.97. The number of likely N-dealkylation sites (tertiary alicyclic amines) is 1. The standard InChI is InChI=1S/C17H21F2N3O/c1-21-9-6-20-17(21)16(23)13-4-7-22(8-5-13)11-12-2-3-14(18)15(19)10-12/h2-3,6,9-10,13,16,23H,4-5,7-8,11H2,1H3. The monoisotopic (exact) mass is 321 g/mol. The average molecular weight is 321 g/mol. The van der Waals surface area contributed by atoms with Crippen molar-refractivity contribution in [3.63, 3.8) is 0 Å². The maximum absolute atomic E-state index is 13.3. The summed E-state index contributed by atoms with van der Waals surface area (Å²) in [6.45, 7) is 2.25. The number of hydrogen-bond acceptors (Lipinski definition) is 3. The molecule has 4 nitrogen and oxygen atoms in total. The number of aryl methyl sites for hydroxylation is 1. The largest absolute Gasteiger partial charge is 0.385 e. The van der Waals surface area contributed by atoms with E-state index in [0.29, 0.717) is 12.4 Å². The van der Waals surface area contributed by atoms with Crippen LogP contribution in [0.1, 0.15) is 30.3 Å². The maximum atomic E-state index is 13.3. The van der Waals surface area contributed by atoms with E-state index < -0.39 is 17.7 Å². The van der Waals surface area contributed by atoms with Crippen molar-refractivity contribution in [3.8, 4) is 0 Å². The molecule has 1 fully saturated rings. The number of imidazole rings is 1. The van der Waals surface area contributed by atoms with Gasteiger partial charge in [-0.05, 0) is 49.5 Å². The Balaban J connectivity index is 1.56. The molecule has 1 atom stereocenters. The van der Waals surface area contributed by atoms with Gasteiger partial charge in [0.2, 0.25) is 0 Å².